The molecular weight excluding hydrogens is 314 g/mol. The Hall–Kier alpha value is -2.56. The zero-order chi connectivity index (χ0) is 17.6. The fourth-order valence-electron chi connectivity index (χ4n) is 3.34. The highest BCUT2D eigenvalue weighted by Gasteiger charge is 2.19. The van der Waals surface area contributed by atoms with Gasteiger partial charge in [0.1, 0.15) is 5.69 Å². The Kier molecular flexibility index (Phi) is 5.53. The van der Waals surface area contributed by atoms with Gasteiger partial charge in [0.25, 0.3) is 5.69 Å². The van der Waals surface area contributed by atoms with Gasteiger partial charge in [0.2, 0.25) is 0 Å². The van der Waals surface area contributed by atoms with Crippen molar-refractivity contribution in [3.63, 3.8) is 0 Å². The maximum atomic E-state index is 11.4. The molecule has 0 spiro atoms. The van der Waals surface area contributed by atoms with Crippen molar-refractivity contribution in [1.82, 2.24) is 0 Å². The molecule has 1 heterocycles. The molecule has 0 aliphatic carbocycles. The van der Waals surface area contributed by atoms with Crippen LogP contribution in [0.3, 0.4) is 0 Å². The molecule has 1 atom stereocenters. The van der Waals surface area contributed by atoms with Crippen molar-refractivity contribution in [2.45, 2.75) is 38.6 Å². The van der Waals surface area contributed by atoms with Crippen molar-refractivity contribution in [1.29, 1.82) is 0 Å². The summed E-state index contributed by atoms with van der Waals surface area (Å²) in [7, 11) is 0. The molecule has 5 heteroatoms. The molecule has 0 unspecified atom stereocenters. The van der Waals surface area contributed by atoms with Crippen molar-refractivity contribution >= 4 is 17.1 Å². The molecule has 0 bridgehead atoms. The minimum atomic E-state index is -0.306. The summed E-state index contributed by atoms with van der Waals surface area (Å²) >= 11 is 0. The van der Waals surface area contributed by atoms with Crippen molar-refractivity contribution in [3.8, 4) is 0 Å². The van der Waals surface area contributed by atoms with Gasteiger partial charge in [-0.3, -0.25) is 10.1 Å². The minimum Gasteiger partial charge on any atom is -0.377 e. The van der Waals surface area contributed by atoms with Gasteiger partial charge in [-0.2, -0.15) is 0 Å². The number of benzene rings is 2. The highest BCUT2D eigenvalue weighted by molar-refractivity contribution is 5.69. The maximum absolute atomic E-state index is 11.4. The van der Waals surface area contributed by atoms with E-state index in [0.717, 1.165) is 31.6 Å². The molecule has 0 saturated carbocycles. The average molecular weight is 339 g/mol. The largest absolute Gasteiger partial charge is 0.377 e. The van der Waals surface area contributed by atoms with E-state index in [4.69, 9.17) is 0 Å². The van der Waals surface area contributed by atoms with Crippen molar-refractivity contribution in [2.24, 2.45) is 0 Å². The first-order valence-corrected chi connectivity index (χ1v) is 8.97. The Labute approximate surface area is 148 Å². The third-order valence-corrected chi connectivity index (χ3v) is 4.76. The van der Waals surface area contributed by atoms with Crippen LogP contribution in [0.5, 0.6) is 0 Å². The first-order valence-electron chi connectivity index (χ1n) is 8.97. The van der Waals surface area contributed by atoms with Crippen LogP contribution >= 0.6 is 0 Å². The smallest absolute Gasteiger partial charge is 0.292 e. The maximum Gasteiger partial charge on any atom is 0.292 e. The van der Waals surface area contributed by atoms with E-state index < -0.39 is 0 Å². The zero-order valence-corrected chi connectivity index (χ0v) is 14.6. The van der Waals surface area contributed by atoms with Crippen LogP contribution in [0.4, 0.5) is 17.1 Å². The second-order valence-electron chi connectivity index (χ2n) is 6.72. The van der Waals surface area contributed by atoms with Gasteiger partial charge in [-0.25, -0.2) is 0 Å². The van der Waals surface area contributed by atoms with E-state index in [-0.39, 0.29) is 16.7 Å². The number of nitrogens with zero attached hydrogens (tertiary/aromatic N) is 2. The lowest BCUT2D eigenvalue weighted by molar-refractivity contribution is -0.384. The van der Waals surface area contributed by atoms with Gasteiger partial charge in [-0.1, -0.05) is 30.3 Å². The lowest BCUT2D eigenvalue weighted by Gasteiger charge is -2.20. The highest BCUT2D eigenvalue weighted by Crippen LogP contribution is 2.31. The van der Waals surface area contributed by atoms with Crippen LogP contribution in [0.2, 0.25) is 0 Å². The number of hydrogen-bond donors (Lipinski definition) is 1. The summed E-state index contributed by atoms with van der Waals surface area (Å²) in [5, 5.41) is 14.7. The molecule has 2 aromatic carbocycles. The number of nitro benzene ring substituents is 1. The van der Waals surface area contributed by atoms with Crippen molar-refractivity contribution in [2.75, 3.05) is 23.3 Å². The Morgan fingerprint density at radius 2 is 1.88 bits per heavy atom. The Morgan fingerprint density at radius 3 is 2.56 bits per heavy atom. The van der Waals surface area contributed by atoms with Crippen LogP contribution in [0, 0.1) is 10.1 Å². The van der Waals surface area contributed by atoms with Gasteiger partial charge < -0.3 is 10.2 Å². The van der Waals surface area contributed by atoms with Gasteiger partial charge >= 0.3 is 0 Å². The van der Waals surface area contributed by atoms with Crippen LogP contribution in [0.1, 0.15) is 31.7 Å². The van der Waals surface area contributed by atoms with Crippen LogP contribution in [0.25, 0.3) is 0 Å². The first kappa shape index (κ1) is 17.3. The topological polar surface area (TPSA) is 58.4 Å². The standard InChI is InChI=1S/C20H25N3O2/c1-16(9-10-17-7-3-2-4-8-17)21-19-15-18(22-13-5-6-14-22)11-12-20(19)23(24)25/h2-4,7-8,11-12,15-16,21H,5-6,9-10,13-14H2,1H3/t16-/m1/s1. The molecule has 5 nitrogen and oxygen atoms in total. The van der Waals surface area contributed by atoms with Crippen LogP contribution in [0.15, 0.2) is 48.5 Å². The Balaban J connectivity index is 1.70. The van der Waals surface area contributed by atoms with Gasteiger partial charge in [0, 0.05) is 30.9 Å². The van der Waals surface area contributed by atoms with Crippen LogP contribution in [-0.4, -0.2) is 24.1 Å². The quantitative estimate of drug-likeness (QED) is 0.590. The predicted octanol–water partition coefficient (Wildman–Crippen LogP) is 4.63. The van der Waals surface area contributed by atoms with Crippen molar-refractivity contribution in [3.05, 3.63) is 64.2 Å². The fraction of sp³-hybridized carbons (Fsp3) is 0.400. The Bertz CT molecular complexity index is 712. The molecule has 2 aromatic rings. The predicted molar refractivity (Wildman–Crippen MR) is 102 cm³/mol. The van der Waals surface area contributed by atoms with Gasteiger partial charge in [-0.05, 0) is 50.3 Å². The molecule has 1 fully saturated rings. The summed E-state index contributed by atoms with van der Waals surface area (Å²) in [5.74, 6) is 0. The summed E-state index contributed by atoms with van der Waals surface area (Å²) in [6, 6.07) is 15.9. The molecule has 1 saturated heterocycles. The zero-order valence-electron chi connectivity index (χ0n) is 14.6. The number of rotatable bonds is 7. The number of aryl methyl sites for hydroxylation is 1. The minimum absolute atomic E-state index is 0.148. The SMILES string of the molecule is C[C@H](CCc1ccccc1)Nc1cc(N2CCCC2)ccc1[N+](=O)[O-]. The molecule has 0 aromatic heterocycles. The van der Waals surface area contributed by atoms with E-state index in [9.17, 15) is 10.1 Å². The molecular formula is C20H25N3O2. The van der Waals surface area contributed by atoms with Gasteiger partial charge in [0.05, 0.1) is 4.92 Å². The second-order valence-corrected chi connectivity index (χ2v) is 6.72. The Morgan fingerprint density at radius 1 is 1.16 bits per heavy atom. The van der Waals surface area contributed by atoms with E-state index in [1.165, 1.54) is 18.4 Å². The second kappa shape index (κ2) is 8.01. The number of nitro groups is 1. The fourth-order valence-corrected chi connectivity index (χ4v) is 3.34. The summed E-state index contributed by atoms with van der Waals surface area (Å²) in [4.78, 5) is 13.4. The third kappa shape index (κ3) is 4.50. The van der Waals surface area contributed by atoms with E-state index in [0.29, 0.717) is 5.69 Å². The molecule has 1 aliphatic rings. The normalized spacial score (nSPS) is 15.2. The molecule has 25 heavy (non-hydrogen) atoms. The lowest BCUT2D eigenvalue weighted by atomic mass is 10.1. The molecule has 132 valence electrons. The number of hydrogen-bond acceptors (Lipinski definition) is 4. The summed E-state index contributed by atoms with van der Waals surface area (Å²) in [5.41, 5.74) is 3.13. The first-order chi connectivity index (χ1) is 12.1. The summed E-state index contributed by atoms with van der Waals surface area (Å²) < 4.78 is 0. The van der Waals surface area contributed by atoms with E-state index in [2.05, 4.69) is 29.3 Å². The summed E-state index contributed by atoms with van der Waals surface area (Å²) in [6.07, 6.45) is 4.25. The molecule has 0 amide bonds. The van der Waals surface area contributed by atoms with Gasteiger partial charge in [0.15, 0.2) is 0 Å². The van der Waals surface area contributed by atoms with Crippen LogP contribution < -0.4 is 10.2 Å². The van der Waals surface area contributed by atoms with Gasteiger partial charge in [-0.15, -0.1) is 0 Å². The van der Waals surface area contributed by atoms with Crippen LogP contribution in [-0.2, 0) is 6.42 Å². The number of anilines is 2. The molecule has 1 aliphatic heterocycles. The number of nitrogens with one attached hydrogen (secondary N) is 1. The molecule has 0 radical (unpaired) electrons. The highest BCUT2D eigenvalue weighted by atomic mass is 16.6. The van der Waals surface area contributed by atoms with E-state index in [1.54, 1.807) is 6.07 Å². The molecule has 1 N–H and O–H groups in total. The lowest BCUT2D eigenvalue weighted by Crippen LogP contribution is -2.20. The van der Waals surface area contributed by atoms with E-state index in [1.807, 2.05) is 30.3 Å². The summed E-state index contributed by atoms with van der Waals surface area (Å²) in [6.45, 7) is 4.14. The average Bonchev–Trinajstić information content (AvgIpc) is 3.15. The monoisotopic (exact) mass is 339 g/mol. The van der Waals surface area contributed by atoms with Crippen molar-refractivity contribution < 1.29 is 4.92 Å². The third-order valence-electron chi connectivity index (χ3n) is 4.76. The van der Waals surface area contributed by atoms with E-state index >= 15 is 0 Å². The molecule has 3 rings (SSSR count).